The van der Waals surface area contributed by atoms with Gasteiger partial charge in [0.2, 0.25) is 0 Å². The number of aromatic nitrogens is 2. The lowest BCUT2D eigenvalue weighted by Gasteiger charge is -2.31. The number of alkyl halides is 3. The number of nitrogens with one attached hydrogen (secondary N) is 3. The Bertz CT molecular complexity index is 959. The number of carbonyl (C=O) groups excluding carboxylic acids is 1. The van der Waals surface area contributed by atoms with Crippen LogP contribution in [-0.4, -0.2) is 29.0 Å². The summed E-state index contributed by atoms with van der Waals surface area (Å²) in [5.41, 5.74) is -2.61. The van der Waals surface area contributed by atoms with Crippen LogP contribution in [0, 0.1) is 0 Å². The number of anilines is 2. The molecule has 0 saturated carbocycles. The molecule has 10 heteroatoms. The Morgan fingerprint density at radius 3 is 2.44 bits per heavy atom. The van der Waals surface area contributed by atoms with Crippen molar-refractivity contribution < 1.29 is 18.0 Å². The van der Waals surface area contributed by atoms with Gasteiger partial charge in [-0.2, -0.15) is 13.2 Å². The minimum atomic E-state index is -4.57. The Kier molecular flexibility index (Phi) is 5.06. The van der Waals surface area contributed by atoms with E-state index in [4.69, 9.17) is 0 Å². The lowest BCUT2D eigenvalue weighted by atomic mass is 10.1. The van der Waals surface area contributed by atoms with E-state index in [9.17, 15) is 27.6 Å². The summed E-state index contributed by atoms with van der Waals surface area (Å²) >= 11 is 0. The van der Waals surface area contributed by atoms with Crippen molar-refractivity contribution in [1.29, 1.82) is 0 Å². The molecular formula is C17H17F3N4O3. The summed E-state index contributed by atoms with van der Waals surface area (Å²) in [5.74, 6) is -0.912. The molecule has 0 spiro atoms. The van der Waals surface area contributed by atoms with Gasteiger partial charge in [0.1, 0.15) is 5.56 Å². The van der Waals surface area contributed by atoms with E-state index in [1.54, 1.807) is 0 Å². The molecule has 0 unspecified atom stereocenters. The third kappa shape index (κ3) is 4.21. The second-order valence-electron chi connectivity index (χ2n) is 6.22. The van der Waals surface area contributed by atoms with Gasteiger partial charge in [-0.15, -0.1) is 0 Å². The summed E-state index contributed by atoms with van der Waals surface area (Å²) in [6.07, 6.45) is -0.826. The van der Waals surface area contributed by atoms with E-state index >= 15 is 0 Å². The summed E-state index contributed by atoms with van der Waals surface area (Å²) < 4.78 is 39.3. The molecule has 1 amide bonds. The van der Waals surface area contributed by atoms with Crippen LogP contribution in [0.5, 0.6) is 0 Å². The molecule has 27 heavy (non-hydrogen) atoms. The first-order chi connectivity index (χ1) is 12.8. The minimum Gasteiger partial charge on any atom is -0.370 e. The molecule has 1 fully saturated rings. The van der Waals surface area contributed by atoms with Crippen molar-refractivity contribution in [2.24, 2.45) is 0 Å². The number of benzene rings is 1. The van der Waals surface area contributed by atoms with E-state index < -0.39 is 34.5 Å². The Hall–Kier alpha value is -3.04. The van der Waals surface area contributed by atoms with Crippen LogP contribution in [0.1, 0.15) is 35.2 Å². The van der Waals surface area contributed by atoms with Crippen LogP contribution < -0.4 is 21.5 Å². The standard InChI is InChI=1S/C17H17F3N4O3/c18-17(19,20)10-4-5-13(24-6-2-1-3-7-24)12(8-10)22-14(25)11-9-21-16(27)23-15(11)26/h4-5,8-9H,1-3,6-7H2,(H,22,25)(H2,21,23,26,27). The van der Waals surface area contributed by atoms with Crippen LogP contribution in [0.4, 0.5) is 24.5 Å². The molecule has 2 heterocycles. The van der Waals surface area contributed by atoms with Crippen LogP contribution in [-0.2, 0) is 6.18 Å². The third-order valence-corrected chi connectivity index (χ3v) is 4.33. The first-order valence-corrected chi connectivity index (χ1v) is 8.35. The summed E-state index contributed by atoms with van der Waals surface area (Å²) in [5, 5.41) is 2.37. The Labute approximate surface area is 151 Å². The van der Waals surface area contributed by atoms with Gasteiger partial charge >= 0.3 is 11.9 Å². The minimum absolute atomic E-state index is 0.0395. The predicted octanol–water partition coefficient (Wildman–Crippen LogP) is 2.32. The molecule has 3 rings (SSSR count). The van der Waals surface area contributed by atoms with E-state index in [1.165, 1.54) is 6.07 Å². The van der Waals surface area contributed by atoms with Crippen LogP contribution in [0.15, 0.2) is 34.0 Å². The van der Waals surface area contributed by atoms with E-state index in [-0.39, 0.29) is 5.69 Å². The second-order valence-corrected chi connectivity index (χ2v) is 6.22. The van der Waals surface area contributed by atoms with Crippen LogP contribution in [0.25, 0.3) is 0 Å². The second kappa shape index (κ2) is 7.29. The van der Waals surface area contributed by atoms with Gasteiger partial charge in [-0.3, -0.25) is 14.6 Å². The molecule has 1 aromatic heterocycles. The number of hydrogen-bond donors (Lipinski definition) is 3. The van der Waals surface area contributed by atoms with Gasteiger partial charge in [0.25, 0.3) is 11.5 Å². The average molecular weight is 382 g/mol. The number of hydrogen-bond acceptors (Lipinski definition) is 4. The predicted molar refractivity (Wildman–Crippen MR) is 93.1 cm³/mol. The van der Waals surface area contributed by atoms with Crippen molar-refractivity contribution in [3.63, 3.8) is 0 Å². The number of nitrogens with zero attached hydrogens (tertiary/aromatic N) is 1. The summed E-state index contributed by atoms with van der Waals surface area (Å²) in [6, 6.07) is 3.13. The number of carbonyl (C=O) groups is 1. The van der Waals surface area contributed by atoms with Gasteiger partial charge in [-0.25, -0.2) is 4.79 Å². The van der Waals surface area contributed by atoms with Crippen LogP contribution in [0.3, 0.4) is 0 Å². The molecule has 1 saturated heterocycles. The summed E-state index contributed by atoms with van der Waals surface area (Å²) in [4.78, 5) is 41.2. The average Bonchev–Trinajstić information content (AvgIpc) is 2.61. The van der Waals surface area contributed by atoms with Crippen molar-refractivity contribution in [1.82, 2.24) is 9.97 Å². The molecule has 3 N–H and O–H groups in total. The van der Waals surface area contributed by atoms with Gasteiger partial charge in [-0.05, 0) is 37.5 Å². The van der Waals surface area contributed by atoms with E-state index in [1.807, 2.05) is 9.88 Å². The highest BCUT2D eigenvalue weighted by atomic mass is 19.4. The first kappa shape index (κ1) is 18.7. The molecule has 144 valence electrons. The number of piperidine rings is 1. The third-order valence-electron chi connectivity index (χ3n) is 4.33. The topological polar surface area (TPSA) is 98.1 Å². The largest absolute Gasteiger partial charge is 0.416 e. The maximum Gasteiger partial charge on any atom is 0.416 e. The number of aromatic amines is 2. The van der Waals surface area contributed by atoms with Crippen LogP contribution >= 0.6 is 0 Å². The Morgan fingerprint density at radius 2 is 1.81 bits per heavy atom. The molecule has 0 aliphatic carbocycles. The van der Waals surface area contributed by atoms with Gasteiger partial charge in [-0.1, -0.05) is 0 Å². The molecule has 0 atom stereocenters. The van der Waals surface area contributed by atoms with E-state index in [0.29, 0.717) is 18.8 Å². The molecule has 1 aliphatic rings. The molecule has 1 aliphatic heterocycles. The maximum atomic E-state index is 13.1. The smallest absolute Gasteiger partial charge is 0.370 e. The van der Waals surface area contributed by atoms with Gasteiger partial charge < -0.3 is 15.2 Å². The van der Waals surface area contributed by atoms with Crippen molar-refractivity contribution in [2.75, 3.05) is 23.3 Å². The number of halogens is 3. The highest BCUT2D eigenvalue weighted by molar-refractivity contribution is 6.05. The molecule has 2 aromatic rings. The highest BCUT2D eigenvalue weighted by Gasteiger charge is 2.32. The monoisotopic (exact) mass is 382 g/mol. The van der Waals surface area contributed by atoms with Crippen LogP contribution in [0.2, 0.25) is 0 Å². The zero-order valence-electron chi connectivity index (χ0n) is 14.2. The zero-order chi connectivity index (χ0) is 19.6. The van der Waals surface area contributed by atoms with Gasteiger partial charge in [0, 0.05) is 19.3 Å². The summed E-state index contributed by atoms with van der Waals surface area (Å²) in [7, 11) is 0. The lowest BCUT2D eigenvalue weighted by molar-refractivity contribution is -0.137. The van der Waals surface area contributed by atoms with Crippen molar-refractivity contribution in [3.8, 4) is 0 Å². The fourth-order valence-electron chi connectivity index (χ4n) is 2.99. The van der Waals surface area contributed by atoms with Crippen molar-refractivity contribution in [2.45, 2.75) is 25.4 Å². The normalized spacial score (nSPS) is 14.9. The molecule has 1 aromatic carbocycles. The fourth-order valence-corrected chi connectivity index (χ4v) is 2.99. The Morgan fingerprint density at radius 1 is 1.11 bits per heavy atom. The lowest BCUT2D eigenvalue weighted by Crippen LogP contribution is -2.32. The number of rotatable bonds is 3. The molecule has 7 nitrogen and oxygen atoms in total. The first-order valence-electron chi connectivity index (χ1n) is 8.35. The Balaban J connectivity index is 1.98. The quantitative estimate of drug-likeness (QED) is 0.759. The highest BCUT2D eigenvalue weighted by Crippen LogP contribution is 2.36. The fraction of sp³-hybridized carbons (Fsp3) is 0.353. The van der Waals surface area contributed by atoms with Gasteiger partial charge in [0.15, 0.2) is 0 Å². The molecule has 0 bridgehead atoms. The van der Waals surface area contributed by atoms with Gasteiger partial charge in [0.05, 0.1) is 16.9 Å². The SMILES string of the molecule is O=C(Nc1cc(C(F)(F)F)ccc1N1CCCCC1)c1c[nH]c(=O)[nH]c1=O. The number of H-pyrrole nitrogens is 2. The van der Waals surface area contributed by atoms with E-state index in [2.05, 4.69) is 10.3 Å². The van der Waals surface area contributed by atoms with Crippen molar-refractivity contribution >= 4 is 17.3 Å². The molecular weight excluding hydrogens is 365 g/mol. The maximum absolute atomic E-state index is 13.1. The number of amides is 1. The zero-order valence-corrected chi connectivity index (χ0v) is 14.2. The molecule has 0 radical (unpaired) electrons. The summed E-state index contributed by atoms with van der Waals surface area (Å²) in [6.45, 7) is 1.32. The van der Waals surface area contributed by atoms with Crippen molar-refractivity contribution in [3.05, 3.63) is 56.4 Å². The van der Waals surface area contributed by atoms with E-state index in [0.717, 1.165) is 37.6 Å².